The Morgan fingerprint density at radius 2 is 1.62 bits per heavy atom. The zero-order valence-corrected chi connectivity index (χ0v) is 15.6. The molecule has 4 nitrogen and oxygen atoms in total. The quantitative estimate of drug-likeness (QED) is 0.741. The normalized spacial score (nSPS) is 23.0. The van der Waals surface area contributed by atoms with Gasteiger partial charge in [0.25, 0.3) is 0 Å². The van der Waals surface area contributed by atoms with Crippen molar-refractivity contribution in [2.24, 2.45) is 0 Å². The third kappa shape index (κ3) is 4.51. The molecular formula is C22H27NO3. The maximum atomic E-state index is 12.0. The Labute approximate surface area is 155 Å². The second-order valence-electron chi connectivity index (χ2n) is 7.10. The molecule has 0 amide bonds. The lowest BCUT2D eigenvalue weighted by Crippen LogP contribution is -2.50. The average molecular weight is 353 g/mol. The number of benzene rings is 2. The molecule has 2 aromatic carbocycles. The molecule has 138 valence electrons. The molecule has 3 rings (SSSR count). The predicted octanol–water partition coefficient (Wildman–Crippen LogP) is 3.80. The number of carbonyl (C=O) groups excluding carboxylic acids is 1. The van der Waals surface area contributed by atoms with E-state index in [1.807, 2.05) is 19.1 Å². The van der Waals surface area contributed by atoms with E-state index in [9.17, 15) is 4.79 Å². The van der Waals surface area contributed by atoms with Gasteiger partial charge in [-0.25, -0.2) is 4.79 Å². The second-order valence-corrected chi connectivity index (χ2v) is 7.10. The van der Waals surface area contributed by atoms with E-state index in [0.717, 1.165) is 19.5 Å². The number of ether oxygens (including phenoxy) is 2. The molecule has 26 heavy (non-hydrogen) atoms. The molecular weight excluding hydrogens is 326 g/mol. The maximum Gasteiger partial charge on any atom is 0.337 e. The van der Waals surface area contributed by atoms with Crippen LogP contribution >= 0.6 is 0 Å². The minimum absolute atomic E-state index is 0.271. The molecule has 1 aliphatic rings. The first-order chi connectivity index (χ1) is 12.6. The summed E-state index contributed by atoms with van der Waals surface area (Å²) in [6, 6.07) is 21.2. The fraction of sp³-hybridized carbons (Fsp3) is 0.409. The van der Waals surface area contributed by atoms with Gasteiger partial charge in [-0.2, -0.15) is 0 Å². The van der Waals surface area contributed by atoms with Gasteiger partial charge in [0.15, 0.2) is 5.60 Å². The summed E-state index contributed by atoms with van der Waals surface area (Å²) >= 11 is 0. The number of hydrogen-bond donors (Lipinski definition) is 0. The Kier molecular flexibility index (Phi) is 6.07. The van der Waals surface area contributed by atoms with Crippen LogP contribution in [-0.2, 0) is 27.4 Å². The highest BCUT2D eigenvalue weighted by atomic mass is 16.6. The first-order valence-electron chi connectivity index (χ1n) is 9.15. The molecule has 2 aromatic rings. The molecule has 1 fully saturated rings. The van der Waals surface area contributed by atoms with Crippen LogP contribution in [0.4, 0.5) is 0 Å². The first kappa shape index (κ1) is 18.6. The monoisotopic (exact) mass is 353 g/mol. The van der Waals surface area contributed by atoms with Crippen molar-refractivity contribution in [1.29, 1.82) is 0 Å². The van der Waals surface area contributed by atoms with Crippen LogP contribution in [0.5, 0.6) is 0 Å². The van der Waals surface area contributed by atoms with E-state index in [1.54, 1.807) is 0 Å². The van der Waals surface area contributed by atoms with E-state index in [0.29, 0.717) is 13.0 Å². The van der Waals surface area contributed by atoms with Crippen molar-refractivity contribution < 1.29 is 14.3 Å². The number of carbonyl (C=O) groups is 1. The number of methoxy groups -OCH3 is 1. The molecule has 2 atom stereocenters. The summed E-state index contributed by atoms with van der Waals surface area (Å²) < 4.78 is 10.9. The molecule has 1 aliphatic heterocycles. The Morgan fingerprint density at radius 3 is 2.04 bits per heavy atom. The largest absolute Gasteiger partial charge is 0.467 e. The SMILES string of the molecule is COC(=O)[C@]1(C)CCC(N(Cc2ccccc2)Cc2ccccc2)CO1. The van der Waals surface area contributed by atoms with Crippen LogP contribution in [0.1, 0.15) is 30.9 Å². The highest BCUT2D eigenvalue weighted by Gasteiger charge is 2.41. The zero-order chi connectivity index (χ0) is 18.4. The molecule has 0 bridgehead atoms. The van der Waals surface area contributed by atoms with Gasteiger partial charge in [0.05, 0.1) is 13.7 Å². The van der Waals surface area contributed by atoms with Crippen LogP contribution in [0.2, 0.25) is 0 Å². The van der Waals surface area contributed by atoms with Gasteiger partial charge in [-0.05, 0) is 30.9 Å². The molecule has 1 unspecified atom stereocenters. The number of nitrogens with zero attached hydrogens (tertiary/aromatic N) is 1. The number of hydrogen-bond acceptors (Lipinski definition) is 4. The van der Waals surface area contributed by atoms with E-state index < -0.39 is 5.60 Å². The molecule has 1 saturated heterocycles. The van der Waals surface area contributed by atoms with E-state index in [2.05, 4.69) is 53.4 Å². The van der Waals surface area contributed by atoms with Crippen molar-refractivity contribution in [2.75, 3.05) is 13.7 Å². The van der Waals surface area contributed by atoms with Crippen LogP contribution in [0.15, 0.2) is 60.7 Å². The lowest BCUT2D eigenvalue weighted by atomic mass is 9.92. The Morgan fingerprint density at radius 1 is 1.08 bits per heavy atom. The highest BCUT2D eigenvalue weighted by Crippen LogP contribution is 2.29. The topological polar surface area (TPSA) is 38.8 Å². The molecule has 0 radical (unpaired) electrons. The minimum atomic E-state index is -0.823. The Hall–Kier alpha value is -2.17. The van der Waals surface area contributed by atoms with Gasteiger partial charge in [-0.1, -0.05) is 60.7 Å². The average Bonchev–Trinajstić information content (AvgIpc) is 2.69. The first-order valence-corrected chi connectivity index (χ1v) is 9.15. The van der Waals surface area contributed by atoms with Crippen LogP contribution in [0, 0.1) is 0 Å². The fourth-order valence-electron chi connectivity index (χ4n) is 3.49. The van der Waals surface area contributed by atoms with Gasteiger partial charge >= 0.3 is 5.97 Å². The van der Waals surface area contributed by atoms with Gasteiger partial charge in [-0.3, -0.25) is 4.90 Å². The van der Waals surface area contributed by atoms with Crippen molar-refractivity contribution >= 4 is 5.97 Å². The van der Waals surface area contributed by atoms with Gasteiger partial charge in [0.2, 0.25) is 0 Å². The highest BCUT2D eigenvalue weighted by molar-refractivity contribution is 5.79. The van der Waals surface area contributed by atoms with Crippen LogP contribution < -0.4 is 0 Å². The number of esters is 1. The molecule has 4 heteroatoms. The summed E-state index contributed by atoms with van der Waals surface area (Å²) in [5, 5.41) is 0. The summed E-state index contributed by atoms with van der Waals surface area (Å²) in [4.78, 5) is 14.4. The number of rotatable bonds is 6. The van der Waals surface area contributed by atoms with Gasteiger partial charge in [-0.15, -0.1) is 0 Å². The van der Waals surface area contributed by atoms with Crippen molar-refractivity contribution in [1.82, 2.24) is 4.90 Å². The van der Waals surface area contributed by atoms with Crippen molar-refractivity contribution in [3.63, 3.8) is 0 Å². The van der Waals surface area contributed by atoms with E-state index in [4.69, 9.17) is 9.47 Å². The second kappa shape index (κ2) is 8.47. The van der Waals surface area contributed by atoms with Crippen molar-refractivity contribution in [3.8, 4) is 0 Å². The molecule has 0 saturated carbocycles. The van der Waals surface area contributed by atoms with Crippen LogP contribution in [0.3, 0.4) is 0 Å². The standard InChI is InChI=1S/C22H27NO3/c1-22(21(24)25-2)14-13-20(17-26-22)23(15-18-9-5-3-6-10-18)16-19-11-7-4-8-12-19/h3-12,20H,13-17H2,1-2H3/t20?,22-/m0/s1. The molecule has 0 aromatic heterocycles. The minimum Gasteiger partial charge on any atom is -0.467 e. The summed E-state index contributed by atoms with van der Waals surface area (Å²) in [7, 11) is 1.42. The van der Waals surface area contributed by atoms with E-state index >= 15 is 0 Å². The molecule has 0 N–H and O–H groups in total. The Bertz CT molecular complexity index is 652. The van der Waals surface area contributed by atoms with Crippen molar-refractivity contribution in [2.45, 2.75) is 44.5 Å². The summed E-state index contributed by atoms with van der Waals surface area (Å²) in [5.74, 6) is -0.284. The van der Waals surface area contributed by atoms with Crippen molar-refractivity contribution in [3.05, 3.63) is 71.8 Å². The van der Waals surface area contributed by atoms with Crippen LogP contribution in [-0.4, -0.2) is 36.2 Å². The fourth-order valence-corrected chi connectivity index (χ4v) is 3.49. The van der Waals surface area contributed by atoms with Gasteiger partial charge < -0.3 is 9.47 Å². The van der Waals surface area contributed by atoms with Crippen LogP contribution in [0.25, 0.3) is 0 Å². The van der Waals surface area contributed by atoms with E-state index in [1.165, 1.54) is 18.2 Å². The summed E-state index contributed by atoms with van der Waals surface area (Å²) in [6.07, 6.45) is 1.58. The molecule has 0 aliphatic carbocycles. The van der Waals surface area contributed by atoms with Gasteiger partial charge in [0, 0.05) is 19.1 Å². The zero-order valence-electron chi connectivity index (χ0n) is 15.6. The summed E-state index contributed by atoms with van der Waals surface area (Å²) in [6.45, 7) is 4.08. The third-order valence-corrected chi connectivity index (χ3v) is 5.14. The van der Waals surface area contributed by atoms with E-state index in [-0.39, 0.29) is 12.0 Å². The lowest BCUT2D eigenvalue weighted by Gasteiger charge is -2.40. The predicted molar refractivity (Wildman–Crippen MR) is 102 cm³/mol. The maximum absolute atomic E-state index is 12.0. The lowest BCUT2D eigenvalue weighted by molar-refractivity contribution is -0.178. The molecule has 0 spiro atoms. The Balaban J connectivity index is 1.72. The summed E-state index contributed by atoms with van der Waals surface area (Å²) in [5.41, 5.74) is 1.74. The smallest absolute Gasteiger partial charge is 0.337 e. The third-order valence-electron chi connectivity index (χ3n) is 5.14. The molecule has 1 heterocycles. The van der Waals surface area contributed by atoms with Gasteiger partial charge in [0.1, 0.15) is 0 Å².